The lowest BCUT2D eigenvalue weighted by Crippen LogP contribution is -2.28. The Balaban J connectivity index is 1.71. The number of benzene rings is 1. The van der Waals surface area contributed by atoms with E-state index >= 15 is 0 Å². The summed E-state index contributed by atoms with van der Waals surface area (Å²) in [4.78, 5) is 23.2. The van der Waals surface area contributed by atoms with E-state index in [0.717, 1.165) is 18.4 Å². The minimum absolute atomic E-state index is 0.0171. The molecule has 5 heteroatoms. The molecule has 1 aliphatic rings. The number of nitrogens with one attached hydrogen (secondary N) is 2. The molecule has 1 saturated carbocycles. The standard InChI is InChI=1S/C15H19FN2O2/c1-10-4-7-13(16)12(9-10)15(20)17-8-2-3-14(19)18-11-5-6-11/h4,7,9,11H,2-3,5-6,8H2,1H3,(H,17,20)(H,18,19). The maximum absolute atomic E-state index is 13.5. The first-order valence-electron chi connectivity index (χ1n) is 6.90. The van der Waals surface area contributed by atoms with Gasteiger partial charge in [0.05, 0.1) is 5.56 Å². The second-order valence-electron chi connectivity index (χ2n) is 5.18. The van der Waals surface area contributed by atoms with E-state index in [9.17, 15) is 14.0 Å². The van der Waals surface area contributed by atoms with Crippen LogP contribution in [0.2, 0.25) is 0 Å². The van der Waals surface area contributed by atoms with E-state index in [-0.39, 0.29) is 11.5 Å². The molecule has 20 heavy (non-hydrogen) atoms. The third kappa shape index (κ3) is 4.33. The van der Waals surface area contributed by atoms with E-state index in [4.69, 9.17) is 0 Å². The average molecular weight is 278 g/mol. The summed E-state index contributed by atoms with van der Waals surface area (Å²) >= 11 is 0. The number of amides is 2. The monoisotopic (exact) mass is 278 g/mol. The van der Waals surface area contributed by atoms with Crippen LogP contribution < -0.4 is 10.6 Å². The lowest BCUT2D eigenvalue weighted by Gasteiger charge is -2.07. The van der Waals surface area contributed by atoms with E-state index in [1.807, 2.05) is 0 Å². The van der Waals surface area contributed by atoms with Crippen LogP contribution in [0.3, 0.4) is 0 Å². The molecule has 0 saturated heterocycles. The molecular formula is C15H19FN2O2. The molecule has 4 nitrogen and oxygen atoms in total. The minimum Gasteiger partial charge on any atom is -0.353 e. The summed E-state index contributed by atoms with van der Waals surface area (Å²) in [5, 5.41) is 5.51. The molecule has 2 amide bonds. The number of halogens is 1. The van der Waals surface area contributed by atoms with Gasteiger partial charge < -0.3 is 10.6 Å². The number of aryl methyl sites for hydroxylation is 1. The predicted octanol–water partition coefficient (Wildman–Crippen LogP) is 1.92. The van der Waals surface area contributed by atoms with Gasteiger partial charge in [-0.2, -0.15) is 0 Å². The van der Waals surface area contributed by atoms with Crippen LogP contribution in [0.1, 0.15) is 41.6 Å². The third-order valence-electron chi connectivity index (χ3n) is 3.18. The van der Waals surface area contributed by atoms with E-state index in [1.165, 1.54) is 12.1 Å². The molecule has 2 rings (SSSR count). The van der Waals surface area contributed by atoms with Gasteiger partial charge in [0.1, 0.15) is 5.82 Å². The summed E-state index contributed by atoms with van der Waals surface area (Å²) in [5.41, 5.74) is 0.882. The smallest absolute Gasteiger partial charge is 0.254 e. The summed E-state index contributed by atoms with van der Waals surface area (Å²) in [6.45, 7) is 2.17. The van der Waals surface area contributed by atoms with Crippen molar-refractivity contribution in [1.82, 2.24) is 10.6 Å². The first-order chi connectivity index (χ1) is 9.56. The van der Waals surface area contributed by atoms with Gasteiger partial charge in [0.15, 0.2) is 0 Å². The Morgan fingerprint density at radius 3 is 2.80 bits per heavy atom. The molecule has 0 radical (unpaired) electrons. The van der Waals surface area contributed by atoms with Gasteiger partial charge in [0, 0.05) is 19.0 Å². The first kappa shape index (κ1) is 14.5. The van der Waals surface area contributed by atoms with Crippen LogP contribution in [0, 0.1) is 12.7 Å². The highest BCUT2D eigenvalue weighted by Crippen LogP contribution is 2.18. The third-order valence-corrected chi connectivity index (χ3v) is 3.18. The molecule has 0 bridgehead atoms. The van der Waals surface area contributed by atoms with Crippen molar-refractivity contribution in [3.8, 4) is 0 Å². The van der Waals surface area contributed by atoms with Gasteiger partial charge in [-0.25, -0.2) is 4.39 Å². The normalized spacial score (nSPS) is 13.9. The van der Waals surface area contributed by atoms with Gasteiger partial charge in [-0.1, -0.05) is 11.6 Å². The van der Waals surface area contributed by atoms with E-state index in [0.29, 0.717) is 25.4 Å². The molecule has 1 aliphatic carbocycles. The Kier molecular flexibility index (Phi) is 4.71. The number of hydrogen-bond acceptors (Lipinski definition) is 2. The van der Waals surface area contributed by atoms with Crippen molar-refractivity contribution >= 4 is 11.8 Å². The minimum atomic E-state index is -0.528. The quantitative estimate of drug-likeness (QED) is 0.781. The van der Waals surface area contributed by atoms with Gasteiger partial charge in [-0.05, 0) is 38.3 Å². The summed E-state index contributed by atoms with van der Waals surface area (Å²) in [6.07, 6.45) is 3.06. The van der Waals surface area contributed by atoms with Crippen LogP contribution in [0.5, 0.6) is 0 Å². The fraction of sp³-hybridized carbons (Fsp3) is 0.467. The Morgan fingerprint density at radius 1 is 1.35 bits per heavy atom. The first-order valence-corrected chi connectivity index (χ1v) is 6.90. The number of carbonyl (C=O) groups is 2. The highest BCUT2D eigenvalue weighted by molar-refractivity contribution is 5.94. The number of hydrogen-bond donors (Lipinski definition) is 2. The van der Waals surface area contributed by atoms with Crippen molar-refractivity contribution in [2.75, 3.05) is 6.54 Å². The van der Waals surface area contributed by atoms with Crippen LogP contribution >= 0.6 is 0 Å². The molecule has 0 atom stereocenters. The van der Waals surface area contributed by atoms with Crippen molar-refractivity contribution in [3.63, 3.8) is 0 Å². The molecule has 0 aromatic heterocycles. The Hall–Kier alpha value is -1.91. The SMILES string of the molecule is Cc1ccc(F)c(C(=O)NCCCC(=O)NC2CC2)c1. The molecule has 0 aliphatic heterocycles. The van der Waals surface area contributed by atoms with Crippen LogP contribution in [0.4, 0.5) is 4.39 Å². The molecule has 1 fully saturated rings. The van der Waals surface area contributed by atoms with Gasteiger partial charge in [-0.15, -0.1) is 0 Å². The average Bonchev–Trinajstić information content (AvgIpc) is 3.21. The fourth-order valence-corrected chi connectivity index (χ4v) is 1.89. The zero-order valence-electron chi connectivity index (χ0n) is 11.5. The fourth-order valence-electron chi connectivity index (χ4n) is 1.89. The predicted molar refractivity (Wildman–Crippen MR) is 73.9 cm³/mol. The van der Waals surface area contributed by atoms with Crippen molar-refractivity contribution in [3.05, 3.63) is 35.1 Å². The summed E-state index contributed by atoms with van der Waals surface area (Å²) in [6, 6.07) is 4.78. The molecule has 0 heterocycles. The lowest BCUT2D eigenvalue weighted by atomic mass is 10.1. The zero-order valence-corrected chi connectivity index (χ0v) is 11.5. The van der Waals surface area contributed by atoms with E-state index < -0.39 is 11.7 Å². The summed E-state index contributed by atoms with van der Waals surface area (Å²) in [5.74, 6) is -0.947. The van der Waals surface area contributed by atoms with E-state index in [1.54, 1.807) is 13.0 Å². The largest absolute Gasteiger partial charge is 0.353 e. The van der Waals surface area contributed by atoms with Crippen LogP contribution in [-0.4, -0.2) is 24.4 Å². The maximum atomic E-state index is 13.5. The van der Waals surface area contributed by atoms with Gasteiger partial charge in [0.2, 0.25) is 5.91 Å². The number of carbonyl (C=O) groups excluding carboxylic acids is 2. The van der Waals surface area contributed by atoms with Crippen LogP contribution in [-0.2, 0) is 4.79 Å². The Bertz CT molecular complexity index is 513. The lowest BCUT2D eigenvalue weighted by molar-refractivity contribution is -0.121. The maximum Gasteiger partial charge on any atom is 0.254 e. The highest BCUT2D eigenvalue weighted by Gasteiger charge is 2.22. The van der Waals surface area contributed by atoms with Gasteiger partial charge in [0.25, 0.3) is 5.91 Å². The Labute approximate surface area is 117 Å². The molecule has 0 unspecified atom stereocenters. The molecule has 1 aromatic rings. The van der Waals surface area contributed by atoms with Crippen LogP contribution in [0.25, 0.3) is 0 Å². The number of rotatable bonds is 6. The van der Waals surface area contributed by atoms with Crippen LogP contribution in [0.15, 0.2) is 18.2 Å². The van der Waals surface area contributed by atoms with Crippen molar-refractivity contribution in [2.45, 2.75) is 38.6 Å². The van der Waals surface area contributed by atoms with Gasteiger partial charge in [-0.3, -0.25) is 9.59 Å². The second-order valence-corrected chi connectivity index (χ2v) is 5.18. The van der Waals surface area contributed by atoms with Crippen molar-refractivity contribution < 1.29 is 14.0 Å². The highest BCUT2D eigenvalue weighted by atomic mass is 19.1. The topological polar surface area (TPSA) is 58.2 Å². The molecule has 1 aromatic carbocycles. The molecule has 0 spiro atoms. The Morgan fingerprint density at radius 2 is 2.10 bits per heavy atom. The summed E-state index contributed by atoms with van der Waals surface area (Å²) in [7, 11) is 0. The zero-order chi connectivity index (χ0) is 14.5. The molecular weight excluding hydrogens is 259 g/mol. The molecule has 108 valence electrons. The second kappa shape index (κ2) is 6.50. The van der Waals surface area contributed by atoms with E-state index in [2.05, 4.69) is 10.6 Å². The van der Waals surface area contributed by atoms with Gasteiger partial charge >= 0.3 is 0 Å². The molecule has 2 N–H and O–H groups in total. The van der Waals surface area contributed by atoms with Crippen molar-refractivity contribution in [2.24, 2.45) is 0 Å². The summed E-state index contributed by atoms with van der Waals surface area (Å²) < 4.78 is 13.5. The van der Waals surface area contributed by atoms with Crippen molar-refractivity contribution in [1.29, 1.82) is 0 Å².